The predicted molar refractivity (Wildman–Crippen MR) is 142 cm³/mol. The maximum Gasteiger partial charge on any atom is 0.261 e. The number of aromatic nitrogens is 6. The van der Waals surface area contributed by atoms with E-state index in [0.29, 0.717) is 13.1 Å². The standard InChI is InChI=1S/C29H23F2N7/c30-29(31)7-10-38(17-29)16-18-11-20(15-32-14-18)19-4-5-24-21(12-19)28(37-36-24)26-13-22-23(35-26)6-9-34-27(22)25-3-1-2-8-33-25/h1-6,8-9,11-15,35H,7,10,16-17H2,(H,36,37). The Kier molecular flexibility index (Phi) is 5.26. The van der Waals surface area contributed by atoms with Gasteiger partial charge in [0.05, 0.1) is 29.1 Å². The Hall–Kier alpha value is -4.50. The lowest BCUT2D eigenvalue weighted by molar-refractivity contribution is 0.0115. The van der Waals surface area contributed by atoms with Crippen LogP contribution < -0.4 is 0 Å². The molecule has 6 aromatic rings. The summed E-state index contributed by atoms with van der Waals surface area (Å²) < 4.78 is 27.3. The SMILES string of the molecule is FC1(F)CCN(Cc2cncc(-c3ccc4[nH]nc(-c5cc6c(-c7ccccn7)nccc6[nH]5)c4c3)c2)C1. The van der Waals surface area contributed by atoms with Gasteiger partial charge in [0.15, 0.2) is 0 Å². The molecule has 0 bridgehead atoms. The molecule has 38 heavy (non-hydrogen) atoms. The van der Waals surface area contributed by atoms with E-state index in [1.807, 2.05) is 42.5 Å². The number of nitrogens with one attached hydrogen (secondary N) is 2. The molecule has 1 aliphatic heterocycles. The monoisotopic (exact) mass is 507 g/mol. The summed E-state index contributed by atoms with van der Waals surface area (Å²) in [6.45, 7) is 0.643. The second-order valence-electron chi connectivity index (χ2n) is 9.75. The van der Waals surface area contributed by atoms with Crippen molar-refractivity contribution in [1.82, 2.24) is 35.0 Å². The number of aromatic amines is 2. The minimum Gasteiger partial charge on any atom is -0.353 e. The average Bonchev–Trinajstić information content (AvgIpc) is 3.64. The van der Waals surface area contributed by atoms with E-state index in [2.05, 4.69) is 42.3 Å². The Bertz CT molecular complexity index is 1770. The Morgan fingerprint density at radius 3 is 2.63 bits per heavy atom. The normalized spacial score (nSPS) is 15.5. The molecule has 7 nitrogen and oxygen atoms in total. The third-order valence-corrected chi connectivity index (χ3v) is 7.06. The smallest absolute Gasteiger partial charge is 0.261 e. The molecule has 1 saturated heterocycles. The lowest BCUT2D eigenvalue weighted by Crippen LogP contribution is -2.24. The van der Waals surface area contributed by atoms with E-state index in [9.17, 15) is 8.78 Å². The van der Waals surface area contributed by atoms with Crippen molar-refractivity contribution in [3.8, 4) is 33.9 Å². The van der Waals surface area contributed by atoms with E-state index in [-0.39, 0.29) is 13.0 Å². The van der Waals surface area contributed by atoms with Crippen LogP contribution in [-0.4, -0.2) is 54.0 Å². The minimum absolute atomic E-state index is 0.0901. The number of likely N-dealkylation sites (tertiary alicyclic amines) is 1. The summed E-state index contributed by atoms with van der Waals surface area (Å²) in [6, 6.07) is 17.9. The molecule has 1 aromatic carbocycles. The zero-order valence-corrected chi connectivity index (χ0v) is 20.3. The van der Waals surface area contributed by atoms with Gasteiger partial charge < -0.3 is 4.98 Å². The molecule has 0 saturated carbocycles. The molecule has 0 aliphatic carbocycles. The van der Waals surface area contributed by atoms with Crippen molar-refractivity contribution in [1.29, 1.82) is 0 Å². The van der Waals surface area contributed by atoms with Crippen LogP contribution in [0.5, 0.6) is 0 Å². The summed E-state index contributed by atoms with van der Waals surface area (Å²) in [5, 5.41) is 9.68. The van der Waals surface area contributed by atoms with E-state index in [0.717, 1.165) is 61.3 Å². The van der Waals surface area contributed by atoms with Crippen molar-refractivity contribution in [3.63, 3.8) is 0 Å². The molecule has 2 N–H and O–H groups in total. The van der Waals surface area contributed by atoms with Crippen LogP contribution in [-0.2, 0) is 6.54 Å². The summed E-state index contributed by atoms with van der Waals surface area (Å²) in [5.41, 5.74) is 7.98. The first-order valence-corrected chi connectivity index (χ1v) is 12.4. The van der Waals surface area contributed by atoms with Crippen molar-refractivity contribution in [3.05, 3.63) is 84.9 Å². The van der Waals surface area contributed by atoms with Crippen LogP contribution in [0.4, 0.5) is 8.78 Å². The van der Waals surface area contributed by atoms with Crippen LogP contribution >= 0.6 is 0 Å². The predicted octanol–water partition coefficient (Wildman–Crippen LogP) is 6.07. The van der Waals surface area contributed by atoms with Crippen molar-refractivity contribution < 1.29 is 8.78 Å². The second kappa shape index (κ2) is 8.81. The van der Waals surface area contributed by atoms with Crippen LogP contribution in [0.15, 0.2) is 79.4 Å². The summed E-state index contributed by atoms with van der Waals surface area (Å²) in [4.78, 5) is 18.7. The number of pyridine rings is 3. The fourth-order valence-electron chi connectivity index (χ4n) is 5.22. The number of fused-ring (bicyclic) bond motifs is 2. The number of hydrogen-bond acceptors (Lipinski definition) is 5. The first-order chi connectivity index (χ1) is 18.5. The molecule has 1 aliphatic rings. The Morgan fingerprint density at radius 2 is 1.79 bits per heavy atom. The van der Waals surface area contributed by atoms with Crippen molar-refractivity contribution in [2.24, 2.45) is 0 Å². The third-order valence-electron chi connectivity index (χ3n) is 7.06. The molecular formula is C29H23F2N7. The Morgan fingerprint density at radius 1 is 0.868 bits per heavy atom. The molecule has 0 radical (unpaired) electrons. The zero-order valence-electron chi connectivity index (χ0n) is 20.3. The zero-order chi connectivity index (χ0) is 25.7. The van der Waals surface area contributed by atoms with Crippen LogP contribution in [0.1, 0.15) is 12.0 Å². The number of benzene rings is 1. The first kappa shape index (κ1) is 22.7. The van der Waals surface area contributed by atoms with Crippen LogP contribution in [0.2, 0.25) is 0 Å². The molecule has 1 fully saturated rings. The third kappa shape index (κ3) is 4.10. The van der Waals surface area contributed by atoms with E-state index < -0.39 is 5.92 Å². The number of alkyl halides is 2. The van der Waals surface area contributed by atoms with Crippen molar-refractivity contribution in [2.75, 3.05) is 13.1 Å². The minimum atomic E-state index is -2.61. The van der Waals surface area contributed by atoms with Gasteiger partial charge in [-0.2, -0.15) is 5.10 Å². The van der Waals surface area contributed by atoms with Gasteiger partial charge in [-0.25, -0.2) is 8.78 Å². The van der Waals surface area contributed by atoms with Crippen LogP contribution in [0.3, 0.4) is 0 Å². The number of H-pyrrole nitrogens is 2. The maximum atomic E-state index is 13.6. The van der Waals surface area contributed by atoms with E-state index in [1.54, 1.807) is 29.7 Å². The molecular weight excluding hydrogens is 484 g/mol. The van der Waals surface area contributed by atoms with Crippen LogP contribution in [0, 0.1) is 0 Å². The summed E-state index contributed by atoms with van der Waals surface area (Å²) in [6.07, 6.45) is 7.00. The fraction of sp³-hybridized carbons (Fsp3) is 0.172. The van der Waals surface area contributed by atoms with Gasteiger partial charge in [0.25, 0.3) is 5.92 Å². The highest BCUT2D eigenvalue weighted by Gasteiger charge is 2.37. The number of halogens is 2. The van der Waals surface area contributed by atoms with Gasteiger partial charge in [-0.3, -0.25) is 25.0 Å². The Labute approximate surface area is 216 Å². The van der Waals surface area contributed by atoms with Crippen molar-refractivity contribution >= 4 is 21.8 Å². The summed E-state index contributed by atoms with van der Waals surface area (Å²) >= 11 is 0. The highest BCUT2D eigenvalue weighted by Crippen LogP contribution is 2.34. The van der Waals surface area contributed by atoms with E-state index in [4.69, 9.17) is 0 Å². The quantitative estimate of drug-likeness (QED) is 0.296. The second-order valence-corrected chi connectivity index (χ2v) is 9.75. The molecule has 9 heteroatoms. The number of rotatable bonds is 5. The van der Waals surface area contributed by atoms with Gasteiger partial charge in [0.2, 0.25) is 0 Å². The molecule has 0 amide bonds. The Balaban J connectivity index is 1.24. The van der Waals surface area contributed by atoms with Gasteiger partial charge in [0.1, 0.15) is 5.69 Å². The molecule has 0 atom stereocenters. The van der Waals surface area contributed by atoms with Crippen molar-refractivity contribution in [2.45, 2.75) is 18.9 Å². The number of hydrogen-bond donors (Lipinski definition) is 2. The molecule has 7 rings (SSSR count). The van der Waals surface area contributed by atoms with E-state index in [1.165, 1.54) is 0 Å². The molecule has 5 aromatic heterocycles. The fourth-order valence-corrected chi connectivity index (χ4v) is 5.22. The van der Waals surface area contributed by atoms with Gasteiger partial charge in [-0.05, 0) is 53.6 Å². The largest absolute Gasteiger partial charge is 0.353 e. The topological polar surface area (TPSA) is 86.4 Å². The lowest BCUT2D eigenvalue weighted by Gasteiger charge is -2.15. The average molecular weight is 508 g/mol. The summed E-state index contributed by atoms with van der Waals surface area (Å²) in [7, 11) is 0. The molecule has 0 unspecified atom stereocenters. The highest BCUT2D eigenvalue weighted by molar-refractivity contribution is 6.00. The highest BCUT2D eigenvalue weighted by atomic mass is 19.3. The van der Waals surface area contributed by atoms with E-state index >= 15 is 0 Å². The van der Waals surface area contributed by atoms with Gasteiger partial charge in [-0.15, -0.1) is 0 Å². The molecule has 188 valence electrons. The first-order valence-electron chi connectivity index (χ1n) is 12.4. The number of nitrogens with zero attached hydrogens (tertiary/aromatic N) is 5. The van der Waals surface area contributed by atoms with Gasteiger partial charge in [0, 0.05) is 66.2 Å². The molecule has 0 spiro atoms. The molecule has 6 heterocycles. The lowest BCUT2D eigenvalue weighted by atomic mass is 10.0. The maximum absolute atomic E-state index is 13.6. The van der Waals surface area contributed by atoms with Crippen LogP contribution in [0.25, 0.3) is 55.7 Å². The van der Waals surface area contributed by atoms with Gasteiger partial charge >= 0.3 is 0 Å². The van der Waals surface area contributed by atoms with Gasteiger partial charge in [-0.1, -0.05) is 12.1 Å². The summed E-state index contributed by atoms with van der Waals surface area (Å²) in [5.74, 6) is -2.61.